The summed E-state index contributed by atoms with van der Waals surface area (Å²) in [5, 5.41) is 5.75. The van der Waals surface area contributed by atoms with E-state index in [-0.39, 0.29) is 0 Å². The Labute approximate surface area is 369 Å². The third-order valence-corrected chi connectivity index (χ3v) is 14.3. The van der Waals surface area contributed by atoms with Crippen molar-refractivity contribution in [2.75, 3.05) is 0 Å². The van der Waals surface area contributed by atoms with Crippen molar-refractivity contribution in [3.63, 3.8) is 0 Å². The van der Waals surface area contributed by atoms with E-state index < -0.39 is 0 Å². The first-order valence-corrected chi connectivity index (χ1v) is 22.5. The Morgan fingerprint density at radius 3 is 1.68 bits per heavy atom. The molecule has 294 valence electrons. The average Bonchev–Trinajstić information content (AvgIpc) is 4.03. The van der Waals surface area contributed by atoms with Crippen LogP contribution in [0, 0.1) is 0 Å². The molecule has 6 nitrogen and oxygen atoms in total. The second-order valence-corrected chi connectivity index (χ2v) is 17.7. The Morgan fingerprint density at radius 1 is 0.333 bits per heavy atom. The number of para-hydroxylation sites is 2. The Kier molecular flexibility index (Phi) is 8.15. The minimum atomic E-state index is 0.619. The predicted octanol–water partition coefficient (Wildman–Crippen LogP) is 14.8. The van der Waals surface area contributed by atoms with E-state index in [2.05, 4.69) is 174 Å². The van der Waals surface area contributed by atoms with E-state index >= 15 is 0 Å². The number of hydrogen-bond donors (Lipinski definition) is 0. The summed E-state index contributed by atoms with van der Waals surface area (Å²) < 4.78 is 6.95. The zero-order valence-electron chi connectivity index (χ0n) is 33.5. The lowest BCUT2D eigenvalue weighted by molar-refractivity contribution is 1.07. The van der Waals surface area contributed by atoms with Gasteiger partial charge in [-0.2, -0.15) is 0 Å². The van der Waals surface area contributed by atoms with Gasteiger partial charge in [-0.15, -0.1) is 22.7 Å². The van der Waals surface area contributed by atoms with Gasteiger partial charge < -0.3 is 4.57 Å². The lowest BCUT2D eigenvalue weighted by atomic mass is 10.1. The van der Waals surface area contributed by atoms with Crippen molar-refractivity contribution in [3.8, 4) is 62.5 Å². The highest BCUT2D eigenvalue weighted by Crippen LogP contribution is 2.44. The lowest BCUT2D eigenvalue weighted by Gasteiger charge is -2.10. The molecule has 0 saturated heterocycles. The van der Waals surface area contributed by atoms with Crippen molar-refractivity contribution >= 4 is 85.0 Å². The van der Waals surface area contributed by atoms with Crippen LogP contribution in [0.2, 0.25) is 0 Å². The Balaban J connectivity index is 0.972. The summed E-state index contributed by atoms with van der Waals surface area (Å²) in [4.78, 5) is 26.1. The third kappa shape index (κ3) is 5.87. The normalized spacial score (nSPS) is 11.8. The van der Waals surface area contributed by atoms with Gasteiger partial charge in [-0.25, -0.2) is 24.9 Å². The van der Waals surface area contributed by atoms with Crippen LogP contribution < -0.4 is 0 Å². The van der Waals surface area contributed by atoms with Gasteiger partial charge in [-0.1, -0.05) is 127 Å². The zero-order chi connectivity index (χ0) is 41.4. The smallest absolute Gasteiger partial charge is 0.164 e. The molecule has 0 aliphatic carbocycles. The maximum atomic E-state index is 5.33. The summed E-state index contributed by atoms with van der Waals surface area (Å²) in [5.74, 6) is 2.59. The fourth-order valence-corrected chi connectivity index (χ4v) is 11.3. The molecule has 0 radical (unpaired) electrons. The van der Waals surface area contributed by atoms with Crippen molar-refractivity contribution in [3.05, 3.63) is 194 Å². The molecular formula is C55H32N6S2. The molecule has 0 spiro atoms. The molecule has 8 aromatic carbocycles. The van der Waals surface area contributed by atoms with Crippen LogP contribution >= 0.6 is 22.7 Å². The number of rotatable bonds is 6. The quantitative estimate of drug-likeness (QED) is 0.167. The molecule has 0 atom stereocenters. The minimum absolute atomic E-state index is 0.619. The molecule has 5 aromatic heterocycles. The van der Waals surface area contributed by atoms with Crippen molar-refractivity contribution in [1.82, 2.24) is 29.5 Å². The Morgan fingerprint density at radius 2 is 0.905 bits per heavy atom. The third-order valence-electron chi connectivity index (χ3n) is 11.9. The fraction of sp³-hybridized carbons (Fsp3) is 0. The number of aromatic nitrogens is 6. The van der Waals surface area contributed by atoms with E-state index in [1.54, 1.807) is 22.7 Å². The first-order valence-electron chi connectivity index (χ1n) is 20.8. The van der Waals surface area contributed by atoms with Gasteiger partial charge in [0.2, 0.25) is 0 Å². The molecule has 0 bridgehead atoms. The second kappa shape index (κ2) is 14.3. The summed E-state index contributed by atoms with van der Waals surface area (Å²) in [7, 11) is 0. The standard InChI is InChI=1S/C55H32N6S2/c1-4-15-33(16-5-1)48-51-49(40-22-11-13-26-46(40)63-51)57-55(56-48)41-24-14-23-39-43-32-36(28-30-47(43)62-50(39)41)54-59-52(34-17-6-2-7-18-34)58-53(60-54)35-27-29-45-42(31-35)38-21-10-12-25-44(38)61(45)37-19-8-3-9-20-37/h1-32H. The molecule has 13 rings (SSSR count). The SMILES string of the molecule is c1ccc(-c2nc(-c3ccc4sc5c(-c6nc(-c7ccccc7)c7sc8ccccc8c7n6)cccc5c4c3)nc(-c3ccc4c(c3)c3ccccc3n4-c3ccccc3)n2)cc1. The Bertz CT molecular complexity index is 3910. The first kappa shape index (κ1) is 35.8. The van der Waals surface area contributed by atoms with Gasteiger partial charge >= 0.3 is 0 Å². The number of nitrogens with zero attached hydrogens (tertiary/aromatic N) is 6. The van der Waals surface area contributed by atoms with Crippen LogP contribution in [0.3, 0.4) is 0 Å². The molecule has 0 fully saturated rings. The van der Waals surface area contributed by atoms with E-state index in [0.717, 1.165) is 92.5 Å². The molecule has 63 heavy (non-hydrogen) atoms. The number of thiophene rings is 2. The molecule has 0 unspecified atom stereocenters. The van der Waals surface area contributed by atoms with Crippen molar-refractivity contribution in [2.24, 2.45) is 0 Å². The van der Waals surface area contributed by atoms with E-state index in [1.807, 2.05) is 24.3 Å². The van der Waals surface area contributed by atoms with Crippen LogP contribution in [-0.2, 0) is 0 Å². The lowest BCUT2D eigenvalue weighted by Crippen LogP contribution is -2.00. The zero-order valence-corrected chi connectivity index (χ0v) is 35.1. The molecule has 13 aromatic rings. The van der Waals surface area contributed by atoms with Crippen LogP contribution in [0.25, 0.3) is 125 Å². The molecule has 0 saturated carbocycles. The van der Waals surface area contributed by atoms with Crippen molar-refractivity contribution in [1.29, 1.82) is 0 Å². The minimum Gasteiger partial charge on any atom is -0.309 e. The monoisotopic (exact) mass is 840 g/mol. The van der Waals surface area contributed by atoms with Crippen LogP contribution in [0.15, 0.2) is 194 Å². The second-order valence-electron chi connectivity index (χ2n) is 15.6. The summed E-state index contributed by atoms with van der Waals surface area (Å²) in [6, 6.07) is 67.8. The number of hydrogen-bond acceptors (Lipinski definition) is 7. The van der Waals surface area contributed by atoms with Gasteiger partial charge in [-0.3, -0.25) is 0 Å². The highest BCUT2D eigenvalue weighted by Gasteiger charge is 2.21. The van der Waals surface area contributed by atoms with E-state index in [4.69, 9.17) is 24.9 Å². The van der Waals surface area contributed by atoms with Crippen LogP contribution in [-0.4, -0.2) is 29.5 Å². The molecule has 0 amide bonds. The van der Waals surface area contributed by atoms with Crippen LogP contribution in [0.1, 0.15) is 0 Å². The van der Waals surface area contributed by atoms with E-state index in [1.165, 1.54) is 14.8 Å². The molecule has 0 aliphatic heterocycles. The summed E-state index contributed by atoms with van der Waals surface area (Å²) in [6.45, 7) is 0. The maximum Gasteiger partial charge on any atom is 0.164 e. The summed E-state index contributed by atoms with van der Waals surface area (Å²) in [6.07, 6.45) is 0. The largest absolute Gasteiger partial charge is 0.309 e. The van der Waals surface area contributed by atoms with E-state index in [0.29, 0.717) is 17.5 Å². The van der Waals surface area contributed by atoms with Gasteiger partial charge in [0, 0.05) is 74.5 Å². The Hall–Kier alpha value is -7.91. The van der Waals surface area contributed by atoms with Gasteiger partial charge in [0.15, 0.2) is 23.3 Å². The number of benzene rings is 8. The van der Waals surface area contributed by atoms with E-state index in [9.17, 15) is 0 Å². The molecular weight excluding hydrogens is 809 g/mol. The fourth-order valence-electron chi connectivity index (χ4n) is 8.93. The molecule has 5 heterocycles. The maximum absolute atomic E-state index is 5.33. The predicted molar refractivity (Wildman–Crippen MR) is 263 cm³/mol. The van der Waals surface area contributed by atoms with Gasteiger partial charge in [-0.05, 0) is 66.7 Å². The number of fused-ring (bicyclic) bond motifs is 9. The van der Waals surface area contributed by atoms with Gasteiger partial charge in [0.25, 0.3) is 0 Å². The molecule has 8 heteroatoms. The van der Waals surface area contributed by atoms with Crippen molar-refractivity contribution in [2.45, 2.75) is 0 Å². The summed E-state index contributed by atoms with van der Waals surface area (Å²) in [5.41, 5.74) is 10.2. The van der Waals surface area contributed by atoms with Crippen LogP contribution in [0.5, 0.6) is 0 Å². The highest BCUT2D eigenvalue weighted by molar-refractivity contribution is 7.26. The van der Waals surface area contributed by atoms with Gasteiger partial charge in [0.05, 0.1) is 26.9 Å². The topological polar surface area (TPSA) is 69.4 Å². The molecule has 0 aliphatic rings. The molecule has 0 N–H and O–H groups in total. The summed E-state index contributed by atoms with van der Waals surface area (Å²) >= 11 is 3.52. The first-order chi connectivity index (χ1) is 31.2. The van der Waals surface area contributed by atoms with Crippen molar-refractivity contribution < 1.29 is 0 Å². The average molecular weight is 841 g/mol. The van der Waals surface area contributed by atoms with Gasteiger partial charge in [0.1, 0.15) is 0 Å². The van der Waals surface area contributed by atoms with Crippen LogP contribution in [0.4, 0.5) is 0 Å². The highest BCUT2D eigenvalue weighted by atomic mass is 32.1.